The highest BCUT2D eigenvalue weighted by Gasteiger charge is 2.33. The molecule has 0 saturated carbocycles. The zero-order valence-corrected chi connectivity index (χ0v) is 14.8. The van der Waals surface area contributed by atoms with Crippen molar-refractivity contribution in [1.82, 2.24) is 9.80 Å². The van der Waals surface area contributed by atoms with Crippen LogP contribution in [-0.2, 0) is 9.53 Å². The third-order valence-corrected chi connectivity index (χ3v) is 4.31. The van der Waals surface area contributed by atoms with Crippen molar-refractivity contribution < 1.29 is 9.53 Å². The summed E-state index contributed by atoms with van der Waals surface area (Å²) in [5, 5.41) is 3.36. The van der Waals surface area contributed by atoms with Crippen molar-refractivity contribution in [2.24, 2.45) is 0 Å². The molecule has 1 aliphatic rings. The second-order valence-corrected chi connectivity index (χ2v) is 6.74. The first-order valence-corrected chi connectivity index (χ1v) is 8.28. The molecule has 0 unspecified atom stereocenters. The summed E-state index contributed by atoms with van der Waals surface area (Å²) in [4.78, 5) is 17.1. The van der Waals surface area contributed by atoms with Gasteiger partial charge < -0.3 is 15.0 Å². The zero-order chi connectivity index (χ0) is 16.9. The lowest BCUT2D eigenvalue weighted by atomic mass is 10.0. The maximum atomic E-state index is 12.8. The van der Waals surface area contributed by atoms with E-state index in [1.165, 1.54) is 5.56 Å². The molecule has 0 atom stereocenters. The molecule has 1 fully saturated rings. The average molecular weight is 319 g/mol. The van der Waals surface area contributed by atoms with Crippen LogP contribution in [0, 0.1) is 6.92 Å². The summed E-state index contributed by atoms with van der Waals surface area (Å²) in [6.45, 7) is 11.0. The Bertz CT molecular complexity index is 506. The van der Waals surface area contributed by atoms with E-state index in [-0.39, 0.29) is 5.91 Å². The molecule has 0 radical (unpaired) electrons. The molecule has 0 spiro atoms. The molecule has 5 heteroatoms. The van der Waals surface area contributed by atoms with E-state index in [0.717, 1.165) is 45.0 Å². The van der Waals surface area contributed by atoms with Crippen LogP contribution in [0.2, 0.25) is 0 Å². The monoisotopic (exact) mass is 319 g/mol. The van der Waals surface area contributed by atoms with Gasteiger partial charge in [-0.25, -0.2) is 0 Å². The van der Waals surface area contributed by atoms with E-state index in [4.69, 9.17) is 4.74 Å². The molecule has 0 aliphatic carbocycles. The number of nitrogens with one attached hydrogen (secondary N) is 1. The van der Waals surface area contributed by atoms with Gasteiger partial charge in [0.15, 0.2) is 0 Å². The van der Waals surface area contributed by atoms with Crippen molar-refractivity contribution in [3.8, 4) is 0 Å². The maximum Gasteiger partial charge on any atom is 0.247 e. The molecule has 128 valence electrons. The number of benzene rings is 1. The smallest absolute Gasteiger partial charge is 0.247 e. The lowest BCUT2D eigenvalue weighted by Gasteiger charge is -2.39. The van der Waals surface area contributed by atoms with Gasteiger partial charge in [0.25, 0.3) is 0 Å². The Morgan fingerprint density at radius 3 is 2.35 bits per heavy atom. The molecule has 1 saturated heterocycles. The van der Waals surface area contributed by atoms with Crippen molar-refractivity contribution in [3.05, 3.63) is 29.8 Å². The number of methoxy groups -OCH3 is 1. The van der Waals surface area contributed by atoms with Crippen molar-refractivity contribution in [2.45, 2.75) is 26.3 Å². The van der Waals surface area contributed by atoms with E-state index in [1.807, 2.05) is 30.9 Å². The first kappa shape index (κ1) is 17.8. The molecule has 2 rings (SSSR count). The van der Waals surface area contributed by atoms with Crippen LogP contribution in [0.1, 0.15) is 19.4 Å². The molecule has 23 heavy (non-hydrogen) atoms. The summed E-state index contributed by atoms with van der Waals surface area (Å²) in [6.07, 6.45) is 0. The van der Waals surface area contributed by atoms with Crippen LogP contribution >= 0.6 is 0 Å². The number of hydrogen-bond donors (Lipinski definition) is 1. The second-order valence-electron chi connectivity index (χ2n) is 6.74. The third kappa shape index (κ3) is 4.94. The Morgan fingerprint density at radius 2 is 1.78 bits per heavy atom. The summed E-state index contributed by atoms with van der Waals surface area (Å²) in [5.41, 5.74) is 1.59. The molecule has 1 aromatic carbocycles. The predicted octanol–water partition coefficient (Wildman–Crippen LogP) is 1.98. The van der Waals surface area contributed by atoms with Crippen LogP contribution < -0.4 is 5.32 Å². The number of piperazine rings is 1. The first-order chi connectivity index (χ1) is 10.9. The summed E-state index contributed by atoms with van der Waals surface area (Å²) in [7, 11) is 1.72. The SMILES string of the molecule is COCCN1CCN(C(=O)C(C)(C)Nc2ccc(C)cc2)CC1. The van der Waals surface area contributed by atoms with Gasteiger partial charge in [0.1, 0.15) is 5.54 Å². The number of anilines is 1. The fourth-order valence-corrected chi connectivity index (χ4v) is 2.84. The number of hydrogen-bond acceptors (Lipinski definition) is 4. The highest BCUT2D eigenvalue weighted by molar-refractivity contribution is 5.88. The van der Waals surface area contributed by atoms with E-state index in [0.29, 0.717) is 0 Å². The van der Waals surface area contributed by atoms with Crippen LogP contribution in [0.4, 0.5) is 5.69 Å². The molecule has 0 bridgehead atoms. The van der Waals surface area contributed by atoms with E-state index >= 15 is 0 Å². The van der Waals surface area contributed by atoms with E-state index in [1.54, 1.807) is 7.11 Å². The highest BCUT2D eigenvalue weighted by atomic mass is 16.5. The Kier molecular flexibility index (Phi) is 6.02. The fraction of sp³-hybridized carbons (Fsp3) is 0.611. The second kappa shape index (κ2) is 7.79. The van der Waals surface area contributed by atoms with Gasteiger partial charge in [-0.2, -0.15) is 0 Å². The molecule has 5 nitrogen and oxygen atoms in total. The number of aryl methyl sites for hydroxylation is 1. The Morgan fingerprint density at radius 1 is 1.17 bits per heavy atom. The molecule has 1 aromatic rings. The van der Waals surface area contributed by atoms with E-state index in [9.17, 15) is 4.79 Å². The summed E-state index contributed by atoms with van der Waals surface area (Å²) in [6, 6.07) is 8.15. The quantitative estimate of drug-likeness (QED) is 0.871. The molecule has 1 N–H and O–H groups in total. The van der Waals surface area contributed by atoms with Gasteiger partial charge in [-0.3, -0.25) is 9.69 Å². The minimum Gasteiger partial charge on any atom is -0.383 e. The predicted molar refractivity (Wildman–Crippen MR) is 93.8 cm³/mol. The Labute approximate surface area is 139 Å². The number of carbonyl (C=O) groups excluding carboxylic acids is 1. The minimum atomic E-state index is -0.607. The molecule has 1 aliphatic heterocycles. The summed E-state index contributed by atoms with van der Waals surface area (Å²) in [5.74, 6) is 0.157. The van der Waals surface area contributed by atoms with Crippen molar-refractivity contribution in [1.29, 1.82) is 0 Å². The minimum absolute atomic E-state index is 0.157. The highest BCUT2D eigenvalue weighted by Crippen LogP contribution is 2.19. The van der Waals surface area contributed by atoms with Gasteiger partial charge in [-0.05, 0) is 32.9 Å². The standard InChI is InChI=1S/C18H29N3O2/c1-15-5-7-16(8-6-15)19-18(2,3)17(22)21-11-9-20(10-12-21)13-14-23-4/h5-8,19H,9-14H2,1-4H3. The fourth-order valence-electron chi connectivity index (χ4n) is 2.84. The Hall–Kier alpha value is -1.59. The summed E-state index contributed by atoms with van der Waals surface area (Å²) < 4.78 is 5.12. The summed E-state index contributed by atoms with van der Waals surface area (Å²) >= 11 is 0. The molecule has 0 aromatic heterocycles. The van der Waals surface area contributed by atoms with Crippen LogP contribution in [-0.4, -0.2) is 67.7 Å². The van der Waals surface area contributed by atoms with Crippen LogP contribution in [0.5, 0.6) is 0 Å². The molecule has 1 heterocycles. The van der Waals surface area contributed by atoms with Crippen LogP contribution in [0.25, 0.3) is 0 Å². The average Bonchev–Trinajstić information content (AvgIpc) is 2.54. The third-order valence-electron chi connectivity index (χ3n) is 4.31. The van der Waals surface area contributed by atoms with Gasteiger partial charge in [0.05, 0.1) is 6.61 Å². The zero-order valence-electron chi connectivity index (χ0n) is 14.8. The molecule has 1 amide bonds. The van der Waals surface area contributed by atoms with Gasteiger partial charge in [-0.15, -0.1) is 0 Å². The van der Waals surface area contributed by atoms with E-state index < -0.39 is 5.54 Å². The van der Waals surface area contributed by atoms with Crippen molar-refractivity contribution in [3.63, 3.8) is 0 Å². The molecular weight excluding hydrogens is 290 g/mol. The maximum absolute atomic E-state index is 12.8. The first-order valence-electron chi connectivity index (χ1n) is 8.28. The normalized spacial score (nSPS) is 16.4. The van der Waals surface area contributed by atoms with Gasteiger partial charge in [-0.1, -0.05) is 17.7 Å². The lowest BCUT2D eigenvalue weighted by molar-refractivity contribution is -0.136. The van der Waals surface area contributed by atoms with Crippen molar-refractivity contribution >= 4 is 11.6 Å². The van der Waals surface area contributed by atoms with Gasteiger partial charge in [0.2, 0.25) is 5.91 Å². The van der Waals surface area contributed by atoms with Crippen LogP contribution in [0.15, 0.2) is 24.3 Å². The largest absolute Gasteiger partial charge is 0.383 e. The van der Waals surface area contributed by atoms with E-state index in [2.05, 4.69) is 29.3 Å². The van der Waals surface area contributed by atoms with Crippen LogP contribution in [0.3, 0.4) is 0 Å². The van der Waals surface area contributed by atoms with Crippen molar-refractivity contribution in [2.75, 3.05) is 51.8 Å². The van der Waals surface area contributed by atoms with Gasteiger partial charge in [0, 0.05) is 45.5 Å². The number of ether oxygens (including phenoxy) is 1. The number of rotatable bonds is 6. The number of amides is 1. The lowest BCUT2D eigenvalue weighted by Crippen LogP contribution is -2.56. The number of nitrogens with zero attached hydrogens (tertiary/aromatic N) is 2. The topological polar surface area (TPSA) is 44.8 Å². The number of carbonyl (C=O) groups is 1. The Balaban J connectivity index is 1.90. The molecular formula is C18H29N3O2. The van der Waals surface area contributed by atoms with Gasteiger partial charge >= 0.3 is 0 Å².